The molecule has 5 rings (SSSR count). The first kappa shape index (κ1) is 23.4. The zero-order valence-electron chi connectivity index (χ0n) is 20.8. The molecule has 0 atom stereocenters. The maximum atomic E-state index is 15.5. The third-order valence-corrected chi connectivity index (χ3v) is 6.91. The number of ether oxygens (including phenoxy) is 1. The van der Waals surface area contributed by atoms with Crippen LogP contribution in [-0.4, -0.2) is 61.4 Å². The molecule has 0 unspecified atom stereocenters. The molecule has 35 heavy (non-hydrogen) atoms. The van der Waals surface area contributed by atoms with Crippen LogP contribution in [-0.2, 0) is 0 Å². The van der Waals surface area contributed by atoms with Gasteiger partial charge >= 0.3 is 0 Å². The van der Waals surface area contributed by atoms with Crippen molar-refractivity contribution < 1.29 is 9.13 Å². The van der Waals surface area contributed by atoms with Gasteiger partial charge in [0.2, 0.25) is 0 Å². The van der Waals surface area contributed by atoms with Gasteiger partial charge in [-0.15, -0.1) is 0 Å². The van der Waals surface area contributed by atoms with Crippen molar-refractivity contribution in [3.63, 3.8) is 0 Å². The number of methoxy groups -OCH3 is 1. The van der Waals surface area contributed by atoms with Crippen LogP contribution in [0.4, 0.5) is 4.39 Å². The molecule has 1 fully saturated rings. The SMILES string of the molecule is CCCN1CCC(c2cnc(-c3[nH]nc(-c4cc(OC)c5ncnn5c4)c3C(C)C)c(F)c2)CC1. The molecule has 4 aromatic heterocycles. The Hall–Kier alpha value is -3.33. The molecular formula is C26H32FN7O. The molecule has 1 N–H and O–H groups in total. The molecule has 0 radical (unpaired) electrons. The molecule has 0 amide bonds. The third kappa shape index (κ3) is 4.40. The van der Waals surface area contributed by atoms with Crippen LogP contribution < -0.4 is 4.74 Å². The molecule has 184 valence electrons. The summed E-state index contributed by atoms with van der Waals surface area (Å²) in [6.45, 7) is 9.60. The summed E-state index contributed by atoms with van der Waals surface area (Å²) in [5.41, 5.74) is 4.94. The molecule has 0 aliphatic carbocycles. The highest BCUT2D eigenvalue weighted by molar-refractivity contribution is 5.75. The number of aromatic amines is 1. The van der Waals surface area contributed by atoms with Crippen LogP contribution in [0.2, 0.25) is 0 Å². The van der Waals surface area contributed by atoms with Crippen molar-refractivity contribution in [1.29, 1.82) is 0 Å². The lowest BCUT2D eigenvalue weighted by atomic mass is 9.89. The number of fused-ring (bicyclic) bond motifs is 1. The Morgan fingerprint density at radius 2 is 1.97 bits per heavy atom. The summed E-state index contributed by atoms with van der Waals surface area (Å²) in [5, 5.41) is 11.9. The topological polar surface area (TPSA) is 84.2 Å². The van der Waals surface area contributed by atoms with Crippen LogP contribution in [0.25, 0.3) is 28.3 Å². The predicted octanol–water partition coefficient (Wildman–Crippen LogP) is 5.04. The largest absolute Gasteiger partial charge is 0.493 e. The first-order chi connectivity index (χ1) is 17.0. The molecule has 0 aromatic carbocycles. The average molecular weight is 478 g/mol. The smallest absolute Gasteiger partial charge is 0.197 e. The Labute approximate surface area is 204 Å². The molecule has 4 aromatic rings. The number of piperidine rings is 1. The molecule has 0 bridgehead atoms. The minimum absolute atomic E-state index is 0.0833. The van der Waals surface area contributed by atoms with Crippen molar-refractivity contribution in [3.8, 4) is 28.4 Å². The van der Waals surface area contributed by atoms with Crippen molar-refractivity contribution >= 4 is 5.65 Å². The highest BCUT2D eigenvalue weighted by atomic mass is 19.1. The minimum Gasteiger partial charge on any atom is -0.493 e. The van der Waals surface area contributed by atoms with Crippen LogP contribution in [0.1, 0.15) is 63.0 Å². The normalized spacial score (nSPS) is 15.4. The fraction of sp³-hybridized carbons (Fsp3) is 0.462. The Morgan fingerprint density at radius 3 is 2.66 bits per heavy atom. The van der Waals surface area contributed by atoms with E-state index in [2.05, 4.69) is 50.9 Å². The van der Waals surface area contributed by atoms with Gasteiger partial charge in [-0.25, -0.2) is 13.9 Å². The number of likely N-dealkylation sites (tertiary alicyclic amines) is 1. The zero-order chi connectivity index (χ0) is 24.5. The van der Waals surface area contributed by atoms with Gasteiger partial charge in [0, 0.05) is 23.5 Å². The van der Waals surface area contributed by atoms with Crippen molar-refractivity contribution in [2.75, 3.05) is 26.7 Å². The monoisotopic (exact) mass is 477 g/mol. The van der Waals surface area contributed by atoms with E-state index in [4.69, 9.17) is 4.74 Å². The maximum Gasteiger partial charge on any atom is 0.197 e. The summed E-state index contributed by atoms with van der Waals surface area (Å²) < 4.78 is 22.6. The number of H-pyrrole nitrogens is 1. The molecule has 9 heteroatoms. The lowest BCUT2D eigenvalue weighted by Gasteiger charge is -2.31. The number of aromatic nitrogens is 6. The van der Waals surface area contributed by atoms with Gasteiger partial charge in [0.05, 0.1) is 18.5 Å². The van der Waals surface area contributed by atoms with Gasteiger partial charge < -0.3 is 9.64 Å². The van der Waals surface area contributed by atoms with Crippen molar-refractivity contribution in [3.05, 3.63) is 47.8 Å². The summed E-state index contributed by atoms with van der Waals surface area (Å²) in [6.07, 6.45) is 8.42. The first-order valence-electron chi connectivity index (χ1n) is 12.3. The number of nitrogens with zero attached hydrogens (tertiary/aromatic N) is 6. The second-order valence-electron chi connectivity index (χ2n) is 9.56. The second-order valence-corrected chi connectivity index (χ2v) is 9.56. The van der Waals surface area contributed by atoms with Gasteiger partial charge in [-0.2, -0.15) is 10.2 Å². The van der Waals surface area contributed by atoms with E-state index in [1.165, 1.54) is 12.7 Å². The van der Waals surface area contributed by atoms with Gasteiger partial charge in [-0.05, 0) is 68.4 Å². The van der Waals surface area contributed by atoms with E-state index < -0.39 is 0 Å². The summed E-state index contributed by atoms with van der Waals surface area (Å²) in [4.78, 5) is 11.3. The lowest BCUT2D eigenvalue weighted by molar-refractivity contribution is 0.212. The molecule has 1 aliphatic rings. The van der Waals surface area contributed by atoms with Crippen LogP contribution in [0, 0.1) is 5.82 Å². The Balaban J connectivity index is 1.48. The van der Waals surface area contributed by atoms with E-state index in [9.17, 15) is 0 Å². The van der Waals surface area contributed by atoms with E-state index in [-0.39, 0.29) is 11.7 Å². The number of hydrogen-bond donors (Lipinski definition) is 1. The number of pyridine rings is 2. The van der Waals surface area contributed by atoms with Crippen LogP contribution >= 0.6 is 0 Å². The van der Waals surface area contributed by atoms with Crippen LogP contribution in [0.5, 0.6) is 5.75 Å². The van der Waals surface area contributed by atoms with Crippen molar-refractivity contribution in [1.82, 2.24) is 34.7 Å². The van der Waals surface area contributed by atoms with Crippen LogP contribution in [0.15, 0.2) is 30.9 Å². The summed E-state index contributed by atoms with van der Waals surface area (Å²) in [7, 11) is 1.60. The molecule has 1 saturated heterocycles. The predicted molar refractivity (Wildman–Crippen MR) is 133 cm³/mol. The molecule has 0 spiro atoms. The zero-order valence-corrected chi connectivity index (χ0v) is 20.8. The van der Waals surface area contributed by atoms with E-state index in [1.807, 2.05) is 18.5 Å². The number of halogens is 1. The second kappa shape index (κ2) is 9.73. The Kier molecular flexibility index (Phi) is 6.51. The quantitative estimate of drug-likeness (QED) is 0.401. The van der Waals surface area contributed by atoms with Gasteiger partial charge in [0.15, 0.2) is 17.2 Å². The summed E-state index contributed by atoms with van der Waals surface area (Å²) in [6, 6.07) is 3.55. The fourth-order valence-electron chi connectivity index (χ4n) is 5.15. The number of nitrogens with one attached hydrogen (secondary N) is 1. The molecule has 0 saturated carbocycles. The van der Waals surface area contributed by atoms with Crippen molar-refractivity contribution in [2.45, 2.75) is 51.9 Å². The van der Waals surface area contributed by atoms with Gasteiger partial charge in [-0.3, -0.25) is 10.1 Å². The maximum absolute atomic E-state index is 15.5. The molecule has 1 aliphatic heterocycles. The summed E-state index contributed by atoms with van der Waals surface area (Å²) >= 11 is 0. The molecule has 5 heterocycles. The Bertz CT molecular complexity index is 1320. The van der Waals surface area contributed by atoms with Crippen molar-refractivity contribution in [2.24, 2.45) is 0 Å². The van der Waals surface area contributed by atoms with Gasteiger partial charge in [0.25, 0.3) is 0 Å². The third-order valence-electron chi connectivity index (χ3n) is 6.91. The average Bonchev–Trinajstić information content (AvgIpc) is 3.51. The minimum atomic E-state index is -0.320. The molecular weight excluding hydrogens is 445 g/mol. The van der Waals surface area contributed by atoms with E-state index >= 15 is 4.39 Å². The fourth-order valence-corrected chi connectivity index (χ4v) is 5.15. The number of hydrogen-bond acceptors (Lipinski definition) is 6. The highest BCUT2D eigenvalue weighted by Crippen LogP contribution is 2.38. The van der Waals surface area contributed by atoms with E-state index in [1.54, 1.807) is 17.7 Å². The standard InChI is InChI=1S/C26H32FN7O/c1-5-8-33-9-6-17(7-10-33)18-11-20(27)24(28-13-18)25-22(16(2)3)23(31-32-25)19-12-21(35-4)26-29-15-30-34(26)14-19/h11-17H,5-10H2,1-4H3,(H,31,32). The first-order valence-corrected chi connectivity index (χ1v) is 12.3. The van der Waals surface area contributed by atoms with E-state index in [0.29, 0.717) is 28.7 Å². The lowest BCUT2D eigenvalue weighted by Crippen LogP contribution is -2.33. The number of rotatable bonds is 7. The van der Waals surface area contributed by atoms with E-state index in [0.717, 1.165) is 54.9 Å². The van der Waals surface area contributed by atoms with Gasteiger partial charge in [-0.1, -0.05) is 20.8 Å². The molecule has 8 nitrogen and oxygen atoms in total. The van der Waals surface area contributed by atoms with Crippen LogP contribution in [0.3, 0.4) is 0 Å². The highest BCUT2D eigenvalue weighted by Gasteiger charge is 2.25. The summed E-state index contributed by atoms with van der Waals surface area (Å²) in [5.74, 6) is 0.709. The Morgan fingerprint density at radius 1 is 1.17 bits per heavy atom. The van der Waals surface area contributed by atoms with Gasteiger partial charge in [0.1, 0.15) is 12.0 Å².